The van der Waals surface area contributed by atoms with Crippen molar-refractivity contribution >= 4 is 45.6 Å². The summed E-state index contributed by atoms with van der Waals surface area (Å²) in [7, 11) is 3.07. The predicted octanol–water partition coefficient (Wildman–Crippen LogP) is 4.62. The maximum Gasteiger partial charge on any atom is 0.234 e. The van der Waals surface area contributed by atoms with Crippen molar-refractivity contribution in [3.63, 3.8) is 0 Å². The van der Waals surface area contributed by atoms with Gasteiger partial charge in [0.1, 0.15) is 17.3 Å². The van der Waals surface area contributed by atoms with Gasteiger partial charge in [-0.2, -0.15) is 5.26 Å². The number of hydrogen-bond donors (Lipinski definition) is 2. The maximum absolute atomic E-state index is 13.6. The second-order valence-electron chi connectivity index (χ2n) is 10.5. The molecule has 13 heteroatoms. The number of nitrogens with zero attached hydrogens (tertiary/aromatic N) is 5. The zero-order valence-electron chi connectivity index (χ0n) is 23.5. The van der Waals surface area contributed by atoms with Crippen LogP contribution in [0.1, 0.15) is 38.2 Å². The summed E-state index contributed by atoms with van der Waals surface area (Å²) in [5, 5.41) is 22.1. The Balaban J connectivity index is 1.43. The van der Waals surface area contributed by atoms with Gasteiger partial charge in [-0.05, 0) is 35.6 Å². The smallest absolute Gasteiger partial charge is 0.234 e. The van der Waals surface area contributed by atoms with Crippen molar-refractivity contribution in [1.29, 1.82) is 5.26 Å². The molecule has 0 bridgehead atoms. The molecule has 2 aromatic heterocycles. The number of rotatable bonds is 8. The van der Waals surface area contributed by atoms with Crippen LogP contribution >= 0.6 is 23.1 Å². The number of methoxy groups -OCH3 is 2. The lowest BCUT2D eigenvalue weighted by molar-refractivity contribution is -0.118. The van der Waals surface area contributed by atoms with Gasteiger partial charge in [0.05, 0.1) is 43.2 Å². The standard InChI is InChI=1S/C29H29N7O4S2/c1-29(2)11-20-25(21(37)12-29)24(16-6-5-9-32-14-16)18(13-30)26(31)36(20)27-34-35-28(42-27)41-15-23(38)33-19-10-17(39-3)7-8-22(19)40-4/h5-10,14,24H,11-12,15,31H2,1-4H3,(H,33,38). The van der Waals surface area contributed by atoms with Crippen LogP contribution in [-0.4, -0.2) is 46.8 Å². The Kier molecular flexibility index (Phi) is 8.20. The van der Waals surface area contributed by atoms with Gasteiger partial charge in [0, 0.05) is 36.2 Å². The Morgan fingerprint density at radius 1 is 1.26 bits per heavy atom. The number of hydrogen-bond acceptors (Lipinski definition) is 12. The van der Waals surface area contributed by atoms with Crippen LogP contribution in [0.3, 0.4) is 0 Å². The molecule has 1 atom stereocenters. The third-order valence-electron chi connectivity index (χ3n) is 6.99. The lowest BCUT2D eigenvalue weighted by Gasteiger charge is -2.42. The van der Waals surface area contributed by atoms with E-state index in [2.05, 4.69) is 26.6 Å². The van der Waals surface area contributed by atoms with Gasteiger partial charge in [-0.25, -0.2) is 0 Å². The summed E-state index contributed by atoms with van der Waals surface area (Å²) in [6.07, 6.45) is 4.21. The van der Waals surface area contributed by atoms with E-state index in [0.717, 1.165) is 5.56 Å². The maximum atomic E-state index is 13.6. The highest BCUT2D eigenvalue weighted by Crippen LogP contribution is 2.50. The molecule has 0 saturated carbocycles. The minimum Gasteiger partial charge on any atom is -0.497 e. The van der Waals surface area contributed by atoms with E-state index in [4.69, 9.17) is 15.2 Å². The van der Waals surface area contributed by atoms with Crippen LogP contribution in [0.25, 0.3) is 0 Å². The number of allylic oxidation sites excluding steroid dienone is 3. The number of pyridine rings is 1. The monoisotopic (exact) mass is 603 g/mol. The number of ketones is 1. The van der Waals surface area contributed by atoms with E-state index in [-0.39, 0.29) is 34.3 Å². The van der Waals surface area contributed by atoms with Crippen molar-refractivity contribution in [2.24, 2.45) is 11.1 Å². The first kappa shape index (κ1) is 29.1. The van der Waals surface area contributed by atoms with E-state index >= 15 is 0 Å². The number of Topliss-reactive ketones (excluding diaryl/α,β-unsaturated/α-hetero) is 1. The first-order valence-corrected chi connectivity index (χ1v) is 14.8. The molecule has 0 fully saturated rings. The summed E-state index contributed by atoms with van der Waals surface area (Å²) >= 11 is 2.44. The number of benzene rings is 1. The average molecular weight is 604 g/mol. The van der Waals surface area contributed by atoms with Crippen LogP contribution in [-0.2, 0) is 9.59 Å². The highest BCUT2D eigenvalue weighted by molar-refractivity contribution is 8.01. The van der Waals surface area contributed by atoms with Crippen molar-refractivity contribution in [3.8, 4) is 17.6 Å². The van der Waals surface area contributed by atoms with Crippen molar-refractivity contribution < 1.29 is 19.1 Å². The summed E-state index contributed by atoms with van der Waals surface area (Å²) in [5.41, 5.74) is 9.05. The van der Waals surface area contributed by atoms with Crippen molar-refractivity contribution in [2.45, 2.75) is 36.9 Å². The van der Waals surface area contributed by atoms with E-state index in [0.29, 0.717) is 50.8 Å². The largest absolute Gasteiger partial charge is 0.497 e. The van der Waals surface area contributed by atoms with Gasteiger partial charge >= 0.3 is 0 Å². The van der Waals surface area contributed by atoms with Gasteiger partial charge in [-0.1, -0.05) is 43.0 Å². The minimum atomic E-state index is -0.613. The van der Waals surface area contributed by atoms with Crippen LogP contribution in [0, 0.1) is 16.7 Å². The molecule has 11 nitrogen and oxygen atoms in total. The molecule has 1 aromatic carbocycles. The Morgan fingerprint density at radius 2 is 2.07 bits per heavy atom. The molecule has 1 aliphatic carbocycles. The molecular weight excluding hydrogens is 574 g/mol. The number of carbonyl (C=O) groups is 2. The zero-order chi connectivity index (χ0) is 30.0. The number of thioether (sulfide) groups is 1. The van der Waals surface area contributed by atoms with Crippen molar-refractivity contribution in [3.05, 3.63) is 71.0 Å². The first-order chi connectivity index (χ1) is 20.2. The number of aromatic nitrogens is 3. The number of nitriles is 1. The fourth-order valence-corrected chi connectivity index (χ4v) is 6.86. The molecule has 0 radical (unpaired) electrons. The lowest BCUT2D eigenvalue weighted by atomic mass is 9.69. The second kappa shape index (κ2) is 11.8. The Bertz CT molecular complexity index is 1640. The highest BCUT2D eigenvalue weighted by atomic mass is 32.2. The molecule has 1 amide bonds. The Morgan fingerprint density at radius 3 is 2.76 bits per heavy atom. The molecule has 216 valence electrons. The molecule has 3 aromatic rings. The molecule has 3 heterocycles. The van der Waals surface area contributed by atoms with Crippen LogP contribution in [0.2, 0.25) is 0 Å². The van der Waals surface area contributed by atoms with Gasteiger partial charge in [0.25, 0.3) is 0 Å². The third-order valence-corrected chi connectivity index (χ3v) is 9.04. The lowest BCUT2D eigenvalue weighted by Crippen LogP contribution is -2.42. The fourth-order valence-electron chi connectivity index (χ4n) is 5.18. The van der Waals surface area contributed by atoms with E-state index in [1.54, 1.807) is 48.7 Å². The van der Waals surface area contributed by atoms with Crippen LogP contribution in [0.15, 0.2) is 69.7 Å². The van der Waals surface area contributed by atoms with Gasteiger partial charge in [-0.15, -0.1) is 10.2 Å². The Labute approximate surface area is 251 Å². The van der Waals surface area contributed by atoms with Crippen LogP contribution in [0.5, 0.6) is 11.5 Å². The molecule has 0 spiro atoms. The summed E-state index contributed by atoms with van der Waals surface area (Å²) in [6, 6.07) is 11.0. The summed E-state index contributed by atoms with van der Waals surface area (Å²) in [6.45, 7) is 4.06. The summed E-state index contributed by atoms with van der Waals surface area (Å²) < 4.78 is 11.1. The molecule has 0 saturated heterocycles. The quantitative estimate of drug-likeness (QED) is 0.346. The normalized spacial score (nSPS) is 17.9. The van der Waals surface area contributed by atoms with Crippen LogP contribution in [0.4, 0.5) is 10.8 Å². The van der Waals surface area contributed by atoms with Gasteiger partial charge in [0.2, 0.25) is 11.0 Å². The zero-order valence-corrected chi connectivity index (χ0v) is 25.1. The minimum absolute atomic E-state index is 0.0379. The first-order valence-electron chi connectivity index (χ1n) is 13.0. The molecule has 3 N–H and O–H groups in total. The number of anilines is 2. The number of nitrogens with two attached hydrogens (primary N) is 1. The summed E-state index contributed by atoms with van der Waals surface area (Å²) in [5.74, 6) is 0.433. The molecule has 5 rings (SSSR count). The van der Waals surface area contributed by atoms with E-state index < -0.39 is 5.92 Å². The molecule has 1 aliphatic heterocycles. The third kappa shape index (κ3) is 5.68. The number of nitrogens with one attached hydrogen (secondary N) is 1. The number of amides is 1. The fraction of sp³-hybridized carbons (Fsp3) is 0.310. The van der Waals surface area contributed by atoms with E-state index in [9.17, 15) is 14.9 Å². The van der Waals surface area contributed by atoms with Crippen molar-refractivity contribution in [2.75, 3.05) is 30.2 Å². The van der Waals surface area contributed by atoms with Crippen molar-refractivity contribution in [1.82, 2.24) is 15.2 Å². The van der Waals surface area contributed by atoms with Crippen LogP contribution < -0.4 is 25.4 Å². The van der Waals surface area contributed by atoms with E-state index in [1.165, 1.54) is 30.2 Å². The number of ether oxygens (including phenoxy) is 2. The molecule has 2 aliphatic rings. The molecule has 42 heavy (non-hydrogen) atoms. The SMILES string of the molecule is COc1ccc(OC)c(NC(=O)CSc2nnc(N3C(N)=C(C#N)C(c4cccnc4)C4=C3CC(C)(C)CC4=O)s2)c1. The van der Waals surface area contributed by atoms with Gasteiger partial charge in [0.15, 0.2) is 10.1 Å². The van der Waals surface area contributed by atoms with E-state index in [1.807, 2.05) is 19.9 Å². The number of carbonyl (C=O) groups excluding carboxylic acids is 2. The highest BCUT2D eigenvalue weighted by Gasteiger charge is 2.45. The van der Waals surface area contributed by atoms with Gasteiger partial charge < -0.3 is 20.5 Å². The van der Waals surface area contributed by atoms with Gasteiger partial charge in [-0.3, -0.25) is 19.5 Å². The molecular formula is C29H29N7O4S2. The summed E-state index contributed by atoms with van der Waals surface area (Å²) in [4.78, 5) is 32.3. The average Bonchev–Trinajstić information content (AvgIpc) is 3.43. The second-order valence-corrected chi connectivity index (χ2v) is 12.7. The molecule has 1 unspecified atom stereocenters. The predicted molar refractivity (Wildman–Crippen MR) is 160 cm³/mol. The Hall–Kier alpha value is -4.41. The topological polar surface area (TPSA) is 156 Å².